The number of nitrogens with one attached hydrogen (secondary N) is 1. The molecular weight excluding hydrogens is 410 g/mol. The summed E-state index contributed by atoms with van der Waals surface area (Å²) in [5, 5.41) is 3.56. The van der Waals surface area contributed by atoms with Gasteiger partial charge < -0.3 is 19.9 Å². The number of nitrogens with zero attached hydrogens (tertiary/aromatic N) is 4. The molecular formula is C27H31N5O. The molecule has 3 aliphatic rings. The van der Waals surface area contributed by atoms with Crippen LogP contribution in [-0.2, 0) is 12.8 Å². The number of aromatic nitrogens is 2. The first-order valence-corrected chi connectivity index (χ1v) is 11.8. The number of hydrogen-bond donors (Lipinski definition) is 1. The van der Waals surface area contributed by atoms with E-state index < -0.39 is 0 Å². The van der Waals surface area contributed by atoms with Crippen molar-refractivity contribution in [3.05, 3.63) is 77.3 Å². The molecule has 0 atom stereocenters. The van der Waals surface area contributed by atoms with E-state index in [1.165, 1.54) is 22.3 Å². The summed E-state index contributed by atoms with van der Waals surface area (Å²) in [5.74, 6) is 2.06. The van der Waals surface area contributed by atoms with Crippen molar-refractivity contribution in [1.29, 1.82) is 0 Å². The van der Waals surface area contributed by atoms with E-state index in [-0.39, 0.29) is 1.43 Å². The second-order valence-corrected chi connectivity index (χ2v) is 9.13. The zero-order chi connectivity index (χ0) is 22.2. The van der Waals surface area contributed by atoms with E-state index in [4.69, 9.17) is 9.72 Å². The van der Waals surface area contributed by atoms with Crippen LogP contribution in [0.4, 0.5) is 17.2 Å². The topological polar surface area (TPSA) is 53.5 Å². The molecule has 1 aromatic carbocycles. The summed E-state index contributed by atoms with van der Waals surface area (Å²) in [6.07, 6.45) is 9.17. The highest BCUT2D eigenvalue weighted by atomic mass is 16.5. The van der Waals surface area contributed by atoms with Crippen LogP contribution in [0.3, 0.4) is 0 Å². The normalized spacial score (nSPS) is 17.7. The van der Waals surface area contributed by atoms with Gasteiger partial charge in [-0.1, -0.05) is 12.1 Å². The second kappa shape index (κ2) is 8.52. The van der Waals surface area contributed by atoms with Gasteiger partial charge in [0.15, 0.2) is 0 Å². The maximum atomic E-state index is 5.80. The predicted octanol–water partition coefficient (Wildman–Crippen LogP) is 4.53. The standard InChI is InChI=1S/C27H29N5O.H2/c1-31-10-12-32(13-11-31)27-17-21(8-9-28-27)30-22-16-24-23(5-6-25(24)29-18-22)19-4-7-26-20(15-19)3-2-14-33-26;/h4-5,7-9,15-18H,2-3,6,10-14H2,1H3,(H,28,30);1H. The lowest BCUT2D eigenvalue weighted by Crippen LogP contribution is -2.44. The van der Waals surface area contributed by atoms with E-state index in [9.17, 15) is 0 Å². The Bertz CT molecular complexity index is 1220. The summed E-state index contributed by atoms with van der Waals surface area (Å²) in [6.45, 7) is 4.97. The van der Waals surface area contributed by atoms with Crippen molar-refractivity contribution in [2.45, 2.75) is 19.3 Å². The quantitative estimate of drug-likeness (QED) is 0.642. The third kappa shape index (κ3) is 4.07. The van der Waals surface area contributed by atoms with Crippen molar-refractivity contribution in [1.82, 2.24) is 14.9 Å². The van der Waals surface area contributed by atoms with Gasteiger partial charge in [-0.3, -0.25) is 4.98 Å². The van der Waals surface area contributed by atoms with Crippen molar-refractivity contribution in [3.8, 4) is 5.75 Å². The molecule has 6 rings (SSSR count). The molecule has 1 fully saturated rings. The maximum Gasteiger partial charge on any atom is 0.130 e. The molecule has 1 N–H and O–H groups in total. The van der Waals surface area contributed by atoms with E-state index >= 15 is 0 Å². The van der Waals surface area contributed by atoms with Gasteiger partial charge in [0.1, 0.15) is 11.6 Å². The number of hydrogen-bond acceptors (Lipinski definition) is 6. The number of anilines is 3. The summed E-state index contributed by atoms with van der Waals surface area (Å²) in [4.78, 5) is 14.1. The number of likely N-dealkylation sites (N-methyl/N-ethyl adjacent to an activating group) is 1. The monoisotopic (exact) mass is 441 g/mol. The fraction of sp³-hybridized carbons (Fsp3) is 0.333. The Morgan fingerprint density at radius 3 is 2.82 bits per heavy atom. The highest BCUT2D eigenvalue weighted by Gasteiger charge is 2.20. The average Bonchev–Trinajstić information content (AvgIpc) is 3.28. The van der Waals surface area contributed by atoms with E-state index in [2.05, 4.69) is 63.6 Å². The lowest BCUT2D eigenvalue weighted by atomic mass is 9.96. The molecule has 4 heterocycles. The summed E-state index contributed by atoms with van der Waals surface area (Å²) < 4.78 is 5.80. The molecule has 33 heavy (non-hydrogen) atoms. The van der Waals surface area contributed by atoms with Crippen LogP contribution in [0, 0.1) is 0 Å². The molecule has 0 radical (unpaired) electrons. The Hall–Kier alpha value is -3.38. The van der Waals surface area contributed by atoms with Gasteiger partial charge in [-0.05, 0) is 60.9 Å². The Balaban J connectivity index is 0.00000241. The minimum atomic E-state index is 0. The molecule has 1 saturated heterocycles. The van der Waals surface area contributed by atoms with Gasteiger partial charge in [-0.15, -0.1) is 0 Å². The Morgan fingerprint density at radius 1 is 1.00 bits per heavy atom. The van der Waals surface area contributed by atoms with Crippen molar-refractivity contribution < 1.29 is 6.16 Å². The van der Waals surface area contributed by atoms with Gasteiger partial charge in [0.05, 0.1) is 24.2 Å². The Labute approximate surface area is 196 Å². The van der Waals surface area contributed by atoms with Crippen LogP contribution < -0.4 is 15.0 Å². The van der Waals surface area contributed by atoms with Gasteiger partial charge in [0, 0.05) is 57.5 Å². The molecule has 6 heteroatoms. The molecule has 0 amide bonds. The fourth-order valence-corrected chi connectivity index (χ4v) is 4.94. The zero-order valence-corrected chi connectivity index (χ0v) is 19.1. The summed E-state index contributed by atoms with van der Waals surface area (Å²) in [5.41, 5.74) is 8.21. The summed E-state index contributed by atoms with van der Waals surface area (Å²) >= 11 is 0. The van der Waals surface area contributed by atoms with Crippen molar-refractivity contribution in [2.24, 2.45) is 0 Å². The van der Waals surface area contributed by atoms with Crippen LogP contribution >= 0.6 is 0 Å². The largest absolute Gasteiger partial charge is 0.493 e. The first-order chi connectivity index (χ1) is 16.2. The molecule has 0 unspecified atom stereocenters. The number of aryl methyl sites for hydroxylation is 1. The van der Waals surface area contributed by atoms with Crippen LogP contribution in [0.5, 0.6) is 5.75 Å². The molecule has 1 aliphatic carbocycles. The van der Waals surface area contributed by atoms with Gasteiger partial charge in [-0.2, -0.15) is 0 Å². The van der Waals surface area contributed by atoms with Crippen molar-refractivity contribution >= 4 is 22.8 Å². The molecule has 0 bridgehead atoms. The lowest BCUT2D eigenvalue weighted by molar-refractivity contribution is 0.288. The highest BCUT2D eigenvalue weighted by molar-refractivity contribution is 5.86. The number of ether oxygens (including phenoxy) is 1. The molecule has 2 aliphatic heterocycles. The number of benzene rings is 1. The molecule has 2 aromatic heterocycles. The second-order valence-electron chi connectivity index (χ2n) is 9.13. The minimum absolute atomic E-state index is 0. The van der Waals surface area contributed by atoms with Crippen LogP contribution in [0.15, 0.2) is 54.9 Å². The van der Waals surface area contributed by atoms with Crippen LogP contribution in [0.2, 0.25) is 0 Å². The Morgan fingerprint density at radius 2 is 1.91 bits per heavy atom. The fourth-order valence-electron chi connectivity index (χ4n) is 4.94. The number of piperazine rings is 1. The third-order valence-electron chi connectivity index (χ3n) is 6.84. The molecule has 0 saturated carbocycles. The van der Waals surface area contributed by atoms with E-state index in [0.717, 1.165) is 80.7 Å². The smallest absolute Gasteiger partial charge is 0.130 e. The Kier molecular flexibility index (Phi) is 5.23. The lowest BCUT2D eigenvalue weighted by Gasteiger charge is -2.33. The van der Waals surface area contributed by atoms with Gasteiger partial charge in [-0.25, -0.2) is 4.98 Å². The van der Waals surface area contributed by atoms with Crippen LogP contribution in [-0.4, -0.2) is 54.7 Å². The zero-order valence-electron chi connectivity index (χ0n) is 19.1. The van der Waals surface area contributed by atoms with Crippen molar-refractivity contribution in [2.75, 3.05) is 50.1 Å². The first-order valence-electron chi connectivity index (χ1n) is 11.8. The SMILES string of the molecule is CN1CCN(c2cc(Nc3cnc4c(c3)C(c3ccc5c(c3)CCCO5)=CC4)ccn2)CC1.[HH]. The van der Waals surface area contributed by atoms with Gasteiger partial charge in [0.25, 0.3) is 0 Å². The molecule has 6 nitrogen and oxygen atoms in total. The van der Waals surface area contributed by atoms with E-state index in [1.807, 2.05) is 18.5 Å². The van der Waals surface area contributed by atoms with Gasteiger partial charge >= 0.3 is 0 Å². The average molecular weight is 442 g/mol. The minimum Gasteiger partial charge on any atom is -0.493 e. The summed E-state index contributed by atoms with van der Waals surface area (Å²) in [7, 11) is 2.17. The molecule has 170 valence electrons. The summed E-state index contributed by atoms with van der Waals surface area (Å²) in [6, 6.07) is 13.0. The van der Waals surface area contributed by atoms with Crippen LogP contribution in [0.1, 0.15) is 30.2 Å². The van der Waals surface area contributed by atoms with Gasteiger partial charge in [0.2, 0.25) is 0 Å². The molecule has 3 aromatic rings. The first kappa shape index (κ1) is 20.2. The predicted molar refractivity (Wildman–Crippen MR) is 135 cm³/mol. The molecule has 0 spiro atoms. The van der Waals surface area contributed by atoms with E-state index in [1.54, 1.807) is 0 Å². The third-order valence-corrected chi connectivity index (χ3v) is 6.84. The number of fused-ring (bicyclic) bond motifs is 2. The number of pyridine rings is 2. The van der Waals surface area contributed by atoms with Crippen molar-refractivity contribution in [3.63, 3.8) is 0 Å². The van der Waals surface area contributed by atoms with E-state index in [0.29, 0.717) is 0 Å². The van der Waals surface area contributed by atoms with Crippen LogP contribution in [0.25, 0.3) is 5.57 Å². The maximum absolute atomic E-state index is 5.80. The highest BCUT2D eigenvalue weighted by Crippen LogP contribution is 2.36. The number of allylic oxidation sites excluding steroid dienone is 1. The number of rotatable bonds is 4.